The lowest BCUT2D eigenvalue weighted by Gasteiger charge is -2.29. The van der Waals surface area contributed by atoms with Gasteiger partial charge < -0.3 is 10.2 Å². The third kappa shape index (κ3) is 3.94. The van der Waals surface area contributed by atoms with Crippen molar-refractivity contribution < 1.29 is 22.8 Å². The maximum Gasteiger partial charge on any atom is 0.435 e. The summed E-state index contributed by atoms with van der Waals surface area (Å²) in [5.74, 6) is -0.208. The number of halogens is 5. The van der Waals surface area contributed by atoms with Crippen molar-refractivity contribution in [1.29, 1.82) is 0 Å². The number of hydrogen-bond acceptors (Lipinski definition) is 4. The molecule has 1 aromatic heterocycles. The summed E-state index contributed by atoms with van der Waals surface area (Å²) < 4.78 is 42.8. The summed E-state index contributed by atoms with van der Waals surface area (Å²) in [6.07, 6.45) is -2.01. The van der Waals surface area contributed by atoms with Crippen molar-refractivity contribution >= 4 is 46.2 Å². The number of amides is 1. The Morgan fingerprint density at radius 1 is 1.19 bits per heavy atom. The lowest BCUT2D eigenvalue weighted by molar-refractivity contribution is -0.275. The van der Waals surface area contributed by atoms with Gasteiger partial charge in [-0.3, -0.25) is 4.79 Å². The first kappa shape index (κ1) is 22.4. The van der Waals surface area contributed by atoms with Gasteiger partial charge in [-0.15, -0.1) is 11.3 Å². The molecular weight excluding hydrogens is 472 g/mol. The fourth-order valence-electron chi connectivity index (χ4n) is 4.10. The Morgan fingerprint density at radius 3 is 2.45 bits per heavy atom. The van der Waals surface area contributed by atoms with Crippen LogP contribution in [0.1, 0.15) is 57.4 Å². The molecule has 0 saturated heterocycles. The van der Waals surface area contributed by atoms with E-state index in [1.54, 1.807) is 0 Å². The van der Waals surface area contributed by atoms with Gasteiger partial charge in [-0.25, -0.2) is 0 Å². The maximum absolute atomic E-state index is 14.3. The first-order valence-electron chi connectivity index (χ1n) is 9.87. The Balaban J connectivity index is 1.77. The second-order valence-corrected chi connectivity index (χ2v) is 9.47. The summed E-state index contributed by atoms with van der Waals surface area (Å²) in [6, 6.07) is 3.76. The highest BCUT2D eigenvalue weighted by Gasteiger charge is 2.62. The molecule has 0 radical (unpaired) electrons. The highest BCUT2D eigenvalue weighted by atomic mass is 35.5. The quantitative estimate of drug-likeness (QED) is 0.549. The lowest BCUT2D eigenvalue weighted by Crippen LogP contribution is -2.42. The van der Waals surface area contributed by atoms with Gasteiger partial charge in [0.15, 0.2) is 0 Å². The van der Waals surface area contributed by atoms with E-state index in [-0.39, 0.29) is 27.2 Å². The zero-order valence-electron chi connectivity index (χ0n) is 16.5. The Bertz CT molecular complexity index is 1050. The molecule has 166 valence electrons. The molecule has 4 nitrogen and oxygen atoms in total. The highest BCUT2D eigenvalue weighted by Crippen LogP contribution is 2.51. The SMILES string of the molecule is CCNC(=O)c1sc(C2=NOC(c3cc(Cl)cc(Cl)c3)(C(F)(F)F)C2)c2c1CCCC2. The number of rotatable bonds is 4. The molecule has 1 N–H and O–H groups in total. The van der Waals surface area contributed by atoms with Gasteiger partial charge in [-0.1, -0.05) is 28.4 Å². The lowest BCUT2D eigenvalue weighted by atomic mass is 9.85. The number of hydrogen-bond donors (Lipinski definition) is 1. The maximum atomic E-state index is 14.3. The van der Waals surface area contributed by atoms with E-state index in [1.165, 1.54) is 29.5 Å². The van der Waals surface area contributed by atoms with Crippen molar-refractivity contribution in [2.45, 2.75) is 50.8 Å². The van der Waals surface area contributed by atoms with E-state index in [1.807, 2.05) is 6.92 Å². The van der Waals surface area contributed by atoms with Crippen LogP contribution in [-0.4, -0.2) is 24.3 Å². The van der Waals surface area contributed by atoms with E-state index in [2.05, 4.69) is 10.5 Å². The predicted molar refractivity (Wildman–Crippen MR) is 115 cm³/mol. The van der Waals surface area contributed by atoms with Crippen LogP contribution in [0.25, 0.3) is 0 Å². The Labute approximate surface area is 191 Å². The van der Waals surface area contributed by atoms with Gasteiger partial charge in [0.1, 0.15) is 5.71 Å². The predicted octanol–water partition coefficient (Wildman–Crippen LogP) is 6.27. The average molecular weight is 491 g/mol. The second-order valence-electron chi connectivity index (χ2n) is 7.57. The van der Waals surface area contributed by atoms with Gasteiger partial charge in [0.2, 0.25) is 0 Å². The first-order chi connectivity index (χ1) is 14.7. The van der Waals surface area contributed by atoms with Crippen LogP contribution in [0.4, 0.5) is 13.2 Å². The number of benzene rings is 1. The van der Waals surface area contributed by atoms with Gasteiger partial charge in [-0.05, 0) is 61.9 Å². The zero-order chi connectivity index (χ0) is 22.4. The summed E-state index contributed by atoms with van der Waals surface area (Å²) in [5.41, 5.74) is -0.885. The molecule has 1 unspecified atom stereocenters. The third-order valence-electron chi connectivity index (χ3n) is 5.54. The van der Waals surface area contributed by atoms with Gasteiger partial charge in [-0.2, -0.15) is 13.2 Å². The van der Waals surface area contributed by atoms with Crippen LogP contribution >= 0.6 is 34.5 Å². The number of thiophene rings is 1. The van der Waals surface area contributed by atoms with Crippen LogP contribution in [0.3, 0.4) is 0 Å². The summed E-state index contributed by atoms with van der Waals surface area (Å²) in [5, 5.41) is 6.82. The van der Waals surface area contributed by atoms with E-state index in [9.17, 15) is 18.0 Å². The number of nitrogens with zero attached hydrogens (tertiary/aromatic N) is 1. The summed E-state index contributed by atoms with van der Waals surface area (Å²) in [6.45, 7) is 2.29. The van der Waals surface area contributed by atoms with Crippen molar-refractivity contribution in [3.63, 3.8) is 0 Å². The van der Waals surface area contributed by atoms with Gasteiger partial charge in [0.25, 0.3) is 11.5 Å². The van der Waals surface area contributed by atoms with Crippen molar-refractivity contribution in [1.82, 2.24) is 5.32 Å². The minimum Gasteiger partial charge on any atom is -0.374 e. The van der Waals surface area contributed by atoms with Crippen molar-refractivity contribution in [3.05, 3.63) is 54.7 Å². The van der Waals surface area contributed by atoms with E-state index in [0.29, 0.717) is 22.7 Å². The Hall–Kier alpha value is -1.77. The molecule has 2 aromatic rings. The molecule has 1 aliphatic carbocycles. The number of alkyl halides is 3. The minimum absolute atomic E-state index is 0.0789. The number of fused-ring (bicyclic) bond motifs is 1. The molecule has 0 saturated carbocycles. The standard InChI is InChI=1S/C21H19Cl2F3N2O2S/c1-2-27-19(29)18-15-6-4-3-5-14(15)17(31-18)16-10-20(30-28-16,21(24,25)26)11-7-12(22)9-13(23)8-11/h7-9H,2-6,10H2,1H3,(H,27,29). The normalized spacial score (nSPS) is 20.8. The molecule has 31 heavy (non-hydrogen) atoms. The van der Waals surface area contributed by atoms with Crippen LogP contribution in [0, 0.1) is 0 Å². The van der Waals surface area contributed by atoms with E-state index < -0.39 is 18.2 Å². The fourth-order valence-corrected chi connectivity index (χ4v) is 5.92. The molecule has 1 atom stereocenters. The van der Waals surface area contributed by atoms with Crippen molar-refractivity contribution in [2.75, 3.05) is 6.54 Å². The van der Waals surface area contributed by atoms with Crippen molar-refractivity contribution in [3.8, 4) is 0 Å². The van der Waals surface area contributed by atoms with E-state index >= 15 is 0 Å². The molecule has 0 fully saturated rings. The number of oxime groups is 1. The zero-order valence-corrected chi connectivity index (χ0v) is 18.9. The molecule has 10 heteroatoms. The summed E-state index contributed by atoms with van der Waals surface area (Å²) in [4.78, 5) is 18.8. The number of nitrogens with one attached hydrogen (secondary N) is 1. The third-order valence-corrected chi connectivity index (χ3v) is 7.30. The van der Waals surface area contributed by atoms with Crippen LogP contribution in [0.2, 0.25) is 10.0 Å². The monoisotopic (exact) mass is 490 g/mol. The van der Waals surface area contributed by atoms with Crippen LogP contribution in [0.15, 0.2) is 23.4 Å². The smallest absolute Gasteiger partial charge is 0.374 e. The summed E-state index contributed by atoms with van der Waals surface area (Å²) >= 11 is 13.1. The summed E-state index contributed by atoms with van der Waals surface area (Å²) in [7, 11) is 0. The molecule has 4 rings (SSSR count). The van der Waals surface area contributed by atoms with E-state index in [0.717, 1.165) is 30.4 Å². The largest absolute Gasteiger partial charge is 0.435 e. The molecule has 2 heterocycles. The average Bonchev–Trinajstić information content (AvgIpc) is 3.30. The highest BCUT2D eigenvalue weighted by molar-refractivity contribution is 7.16. The van der Waals surface area contributed by atoms with Gasteiger partial charge in [0, 0.05) is 22.2 Å². The van der Waals surface area contributed by atoms with Gasteiger partial charge >= 0.3 is 6.18 Å². The molecule has 0 spiro atoms. The Kier molecular flexibility index (Phi) is 6.00. The second kappa shape index (κ2) is 8.30. The van der Waals surface area contributed by atoms with E-state index in [4.69, 9.17) is 28.0 Å². The fraction of sp³-hybridized carbons (Fsp3) is 0.429. The van der Waals surface area contributed by atoms with Crippen molar-refractivity contribution in [2.24, 2.45) is 5.16 Å². The molecule has 2 aliphatic rings. The molecule has 1 amide bonds. The van der Waals surface area contributed by atoms with Crippen LogP contribution in [-0.2, 0) is 23.3 Å². The Morgan fingerprint density at radius 2 is 1.84 bits per heavy atom. The number of carbonyl (C=O) groups is 1. The van der Waals surface area contributed by atoms with Gasteiger partial charge in [0.05, 0.1) is 16.2 Å². The molecule has 1 aliphatic heterocycles. The number of carbonyl (C=O) groups excluding carboxylic acids is 1. The molecule has 1 aromatic carbocycles. The first-order valence-corrected chi connectivity index (χ1v) is 11.4. The van der Waals surface area contributed by atoms with Crippen LogP contribution in [0.5, 0.6) is 0 Å². The topological polar surface area (TPSA) is 50.7 Å². The molecular formula is C21H19Cl2F3N2O2S. The molecule has 0 bridgehead atoms. The van der Waals surface area contributed by atoms with Crippen LogP contribution < -0.4 is 5.32 Å². The minimum atomic E-state index is -4.76.